The van der Waals surface area contributed by atoms with Crippen LogP contribution in [0.3, 0.4) is 0 Å². The summed E-state index contributed by atoms with van der Waals surface area (Å²) in [6.07, 6.45) is 5.45. The molecule has 0 spiro atoms. The molecule has 0 amide bonds. The van der Waals surface area contributed by atoms with Gasteiger partial charge >= 0.3 is 5.97 Å². The third kappa shape index (κ3) is 5.97. The number of rotatable bonds is 10. The van der Waals surface area contributed by atoms with Gasteiger partial charge < -0.3 is 14.4 Å². The van der Waals surface area contributed by atoms with Crippen LogP contribution in [0.15, 0.2) is 48.5 Å². The minimum atomic E-state index is -0.635. The SMILES string of the molecule is COC(=O)C(CCCN1CCC(Cc2ccccc2C)CC1)(c1ccc(OC)cc1)C(C)C. The summed E-state index contributed by atoms with van der Waals surface area (Å²) in [7, 11) is 3.16. The van der Waals surface area contributed by atoms with Gasteiger partial charge in [-0.1, -0.05) is 50.2 Å². The van der Waals surface area contributed by atoms with Crippen LogP contribution in [0.2, 0.25) is 0 Å². The first-order valence-electron chi connectivity index (χ1n) is 12.4. The van der Waals surface area contributed by atoms with Crippen LogP contribution >= 0.6 is 0 Å². The van der Waals surface area contributed by atoms with Gasteiger partial charge in [-0.25, -0.2) is 0 Å². The maximum atomic E-state index is 13.1. The molecule has 33 heavy (non-hydrogen) atoms. The zero-order valence-electron chi connectivity index (χ0n) is 21.1. The van der Waals surface area contributed by atoms with E-state index in [0.717, 1.165) is 49.7 Å². The van der Waals surface area contributed by atoms with E-state index in [1.807, 2.05) is 24.3 Å². The lowest BCUT2D eigenvalue weighted by Gasteiger charge is -2.37. The topological polar surface area (TPSA) is 38.8 Å². The predicted octanol–water partition coefficient (Wildman–Crippen LogP) is 5.81. The van der Waals surface area contributed by atoms with Crippen molar-refractivity contribution in [3.05, 3.63) is 65.2 Å². The molecule has 1 atom stereocenters. The van der Waals surface area contributed by atoms with Gasteiger partial charge in [-0.05, 0) is 99.3 Å². The average molecular weight is 452 g/mol. The Morgan fingerprint density at radius 1 is 1.06 bits per heavy atom. The Kier molecular flexibility index (Phi) is 8.96. The third-order valence-corrected chi connectivity index (χ3v) is 7.66. The average Bonchev–Trinajstić information content (AvgIpc) is 2.84. The summed E-state index contributed by atoms with van der Waals surface area (Å²) in [4.78, 5) is 15.7. The Bertz CT molecular complexity index is 884. The third-order valence-electron chi connectivity index (χ3n) is 7.66. The molecule has 1 saturated heterocycles. The van der Waals surface area contributed by atoms with Crippen molar-refractivity contribution in [2.45, 2.75) is 58.3 Å². The first kappa shape index (κ1) is 25.3. The molecule has 0 bridgehead atoms. The van der Waals surface area contributed by atoms with Gasteiger partial charge in [-0.15, -0.1) is 0 Å². The molecule has 1 aliphatic rings. The van der Waals surface area contributed by atoms with Crippen molar-refractivity contribution in [1.82, 2.24) is 4.90 Å². The molecule has 3 rings (SSSR count). The lowest BCUT2D eigenvalue weighted by atomic mass is 9.68. The predicted molar refractivity (Wildman–Crippen MR) is 135 cm³/mol. The van der Waals surface area contributed by atoms with Gasteiger partial charge in [0.25, 0.3) is 0 Å². The molecular formula is C29H41NO3. The van der Waals surface area contributed by atoms with Gasteiger partial charge in [0.1, 0.15) is 5.75 Å². The molecule has 0 aliphatic carbocycles. The molecular weight excluding hydrogens is 410 g/mol. The van der Waals surface area contributed by atoms with Crippen LogP contribution in [-0.2, 0) is 21.4 Å². The Morgan fingerprint density at radius 3 is 2.30 bits per heavy atom. The molecule has 4 heteroatoms. The lowest BCUT2D eigenvalue weighted by molar-refractivity contribution is -0.150. The molecule has 0 saturated carbocycles. The Labute approximate surface area is 200 Å². The number of hydrogen-bond acceptors (Lipinski definition) is 4. The highest BCUT2D eigenvalue weighted by Crippen LogP contribution is 2.39. The largest absolute Gasteiger partial charge is 0.497 e. The van der Waals surface area contributed by atoms with Gasteiger partial charge in [-0.3, -0.25) is 4.79 Å². The first-order chi connectivity index (χ1) is 15.9. The van der Waals surface area contributed by atoms with Crippen molar-refractivity contribution in [1.29, 1.82) is 0 Å². The summed E-state index contributed by atoms with van der Waals surface area (Å²) in [5.74, 6) is 1.57. The molecule has 180 valence electrons. The van der Waals surface area contributed by atoms with Gasteiger partial charge in [-0.2, -0.15) is 0 Å². The molecule has 1 heterocycles. The first-order valence-corrected chi connectivity index (χ1v) is 12.4. The second-order valence-corrected chi connectivity index (χ2v) is 9.87. The van der Waals surface area contributed by atoms with Crippen LogP contribution in [0.4, 0.5) is 0 Å². The summed E-state index contributed by atoms with van der Waals surface area (Å²) in [6.45, 7) is 9.78. The molecule has 0 radical (unpaired) electrons. The molecule has 0 aromatic heterocycles. The maximum absolute atomic E-state index is 13.1. The quantitative estimate of drug-likeness (QED) is 0.428. The van der Waals surface area contributed by atoms with E-state index in [2.05, 4.69) is 49.9 Å². The van der Waals surface area contributed by atoms with E-state index in [-0.39, 0.29) is 11.9 Å². The fourth-order valence-electron chi connectivity index (χ4n) is 5.44. The summed E-state index contributed by atoms with van der Waals surface area (Å²) >= 11 is 0. The number of methoxy groups -OCH3 is 2. The van der Waals surface area contributed by atoms with Crippen LogP contribution in [0, 0.1) is 18.8 Å². The molecule has 4 nitrogen and oxygen atoms in total. The van der Waals surface area contributed by atoms with Crippen LogP contribution < -0.4 is 4.74 Å². The molecule has 0 N–H and O–H groups in total. The zero-order valence-corrected chi connectivity index (χ0v) is 21.1. The van der Waals surface area contributed by atoms with E-state index < -0.39 is 5.41 Å². The van der Waals surface area contributed by atoms with Crippen LogP contribution in [0.25, 0.3) is 0 Å². The fraction of sp³-hybridized carbons (Fsp3) is 0.552. The molecule has 1 aliphatic heterocycles. The smallest absolute Gasteiger partial charge is 0.316 e. The Balaban J connectivity index is 1.59. The monoisotopic (exact) mass is 451 g/mol. The molecule has 1 unspecified atom stereocenters. The normalized spacial score (nSPS) is 17.0. The number of carbonyl (C=O) groups excluding carboxylic acids is 1. The number of piperidine rings is 1. The van der Waals surface area contributed by atoms with Crippen LogP contribution in [0.1, 0.15) is 56.2 Å². The highest BCUT2D eigenvalue weighted by molar-refractivity contribution is 5.83. The van der Waals surface area contributed by atoms with Crippen molar-refractivity contribution in [2.75, 3.05) is 33.9 Å². The van der Waals surface area contributed by atoms with E-state index in [0.29, 0.717) is 0 Å². The van der Waals surface area contributed by atoms with Crippen molar-refractivity contribution in [3.8, 4) is 5.75 Å². The number of nitrogens with zero attached hydrogens (tertiary/aromatic N) is 1. The number of carbonyl (C=O) groups is 1. The van der Waals surface area contributed by atoms with Gasteiger partial charge in [0.05, 0.1) is 19.6 Å². The van der Waals surface area contributed by atoms with E-state index in [9.17, 15) is 4.79 Å². The van der Waals surface area contributed by atoms with E-state index in [1.165, 1.54) is 37.5 Å². The van der Waals surface area contributed by atoms with E-state index in [1.54, 1.807) is 7.11 Å². The Hall–Kier alpha value is -2.33. The summed E-state index contributed by atoms with van der Waals surface area (Å²) in [5.41, 5.74) is 3.29. The summed E-state index contributed by atoms with van der Waals surface area (Å²) < 4.78 is 10.6. The number of benzene rings is 2. The molecule has 2 aromatic carbocycles. The van der Waals surface area contributed by atoms with Gasteiger partial charge in [0.2, 0.25) is 0 Å². The van der Waals surface area contributed by atoms with Crippen LogP contribution in [-0.4, -0.2) is 44.7 Å². The van der Waals surface area contributed by atoms with E-state index >= 15 is 0 Å². The molecule has 1 fully saturated rings. The van der Waals surface area contributed by atoms with Gasteiger partial charge in [0, 0.05) is 0 Å². The summed E-state index contributed by atoms with van der Waals surface area (Å²) in [6, 6.07) is 16.7. The zero-order chi connectivity index (χ0) is 23.8. The van der Waals surface area contributed by atoms with Crippen LogP contribution in [0.5, 0.6) is 5.75 Å². The van der Waals surface area contributed by atoms with Crippen molar-refractivity contribution in [2.24, 2.45) is 11.8 Å². The van der Waals surface area contributed by atoms with Gasteiger partial charge in [0.15, 0.2) is 0 Å². The van der Waals surface area contributed by atoms with Crippen molar-refractivity contribution >= 4 is 5.97 Å². The fourth-order valence-corrected chi connectivity index (χ4v) is 5.44. The van der Waals surface area contributed by atoms with Crippen molar-refractivity contribution < 1.29 is 14.3 Å². The number of esters is 1. The minimum Gasteiger partial charge on any atom is -0.497 e. The second kappa shape index (κ2) is 11.7. The lowest BCUT2D eigenvalue weighted by Crippen LogP contribution is -2.43. The molecule has 2 aromatic rings. The minimum absolute atomic E-state index is 0.137. The standard InChI is InChI=1S/C29H41NO3/c1-22(2)29(28(31)33-5,26-11-13-27(32-4)14-12-26)17-8-18-30-19-15-24(16-20-30)21-25-10-7-6-9-23(25)3/h6-7,9-14,22,24H,8,15-21H2,1-5H3. The highest BCUT2D eigenvalue weighted by atomic mass is 16.5. The number of ether oxygens (including phenoxy) is 2. The van der Waals surface area contributed by atoms with E-state index in [4.69, 9.17) is 9.47 Å². The summed E-state index contributed by atoms with van der Waals surface area (Å²) in [5, 5.41) is 0. The number of hydrogen-bond donors (Lipinski definition) is 0. The second-order valence-electron chi connectivity index (χ2n) is 9.87. The number of likely N-dealkylation sites (tertiary alicyclic amines) is 1. The van der Waals surface area contributed by atoms with Crippen molar-refractivity contribution in [3.63, 3.8) is 0 Å². The maximum Gasteiger partial charge on any atom is 0.316 e. The number of aryl methyl sites for hydroxylation is 1. The highest BCUT2D eigenvalue weighted by Gasteiger charge is 2.44. The Morgan fingerprint density at radius 2 is 1.73 bits per heavy atom.